The van der Waals surface area contributed by atoms with Crippen molar-refractivity contribution < 1.29 is 9.59 Å². The second-order valence-electron chi connectivity index (χ2n) is 6.14. The maximum absolute atomic E-state index is 12.9. The Bertz CT molecular complexity index is 848. The minimum absolute atomic E-state index is 0.140. The molecule has 1 atom stereocenters. The number of carbonyl (C=O) groups excluding carboxylic acids is 2. The predicted octanol–water partition coefficient (Wildman–Crippen LogP) is 5.04. The molecule has 0 radical (unpaired) electrons. The van der Waals surface area contributed by atoms with Gasteiger partial charge in [0.15, 0.2) is 0 Å². The molecule has 1 N–H and O–H groups in total. The van der Waals surface area contributed by atoms with Crippen molar-refractivity contribution >= 4 is 58.4 Å². The number of benzene rings is 2. The van der Waals surface area contributed by atoms with Crippen molar-refractivity contribution in [3.63, 3.8) is 0 Å². The van der Waals surface area contributed by atoms with E-state index in [0.29, 0.717) is 20.8 Å². The molecule has 2 rings (SSSR count). The zero-order valence-corrected chi connectivity index (χ0v) is 18.6. The van der Waals surface area contributed by atoms with Gasteiger partial charge in [0.1, 0.15) is 6.04 Å². The number of nitrogens with one attached hydrogen (secondary N) is 1. The van der Waals surface area contributed by atoms with Gasteiger partial charge in [0.2, 0.25) is 11.8 Å². The second kappa shape index (κ2) is 11.0. The molecule has 2 amide bonds. The molecule has 0 aliphatic heterocycles. The lowest BCUT2D eigenvalue weighted by Crippen LogP contribution is -2.47. The van der Waals surface area contributed by atoms with Crippen molar-refractivity contribution in [3.05, 3.63) is 68.7 Å². The number of amides is 2. The van der Waals surface area contributed by atoms with Crippen LogP contribution in [-0.2, 0) is 21.9 Å². The molecule has 28 heavy (non-hydrogen) atoms. The quantitative estimate of drug-likeness (QED) is 0.601. The highest BCUT2D eigenvalue weighted by Gasteiger charge is 2.25. The zero-order chi connectivity index (χ0) is 20.7. The van der Waals surface area contributed by atoms with E-state index >= 15 is 0 Å². The van der Waals surface area contributed by atoms with Gasteiger partial charge in [-0.15, -0.1) is 11.8 Å². The Balaban J connectivity index is 2.09. The third kappa shape index (κ3) is 6.31. The Morgan fingerprint density at radius 3 is 2.43 bits per heavy atom. The summed E-state index contributed by atoms with van der Waals surface area (Å²) in [5.74, 6) is 0.470. The molecule has 2 aromatic carbocycles. The minimum Gasteiger partial charge on any atom is -0.357 e. The summed E-state index contributed by atoms with van der Waals surface area (Å²) < 4.78 is 0. The fourth-order valence-corrected chi connectivity index (χ4v) is 4.09. The number of hydrogen-bond donors (Lipinski definition) is 1. The minimum atomic E-state index is -0.618. The molecule has 0 fully saturated rings. The van der Waals surface area contributed by atoms with Gasteiger partial charge in [0.05, 0.1) is 15.8 Å². The molecule has 0 saturated heterocycles. The summed E-state index contributed by atoms with van der Waals surface area (Å²) in [4.78, 5) is 26.5. The molecule has 150 valence electrons. The van der Waals surface area contributed by atoms with Crippen LogP contribution in [0.4, 0.5) is 0 Å². The van der Waals surface area contributed by atoms with E-state index in [4.69, 9.17) is 34.8 Å². The first kappa shape index (κ1) is 22.9. The molecule has 8 heteroatoms. The Hall–Kier alpha value is -1.40. The lowest BCUT2D eigenvalue weighted by Gasteiger charge is -2.28. The third-order valence-electron chi connectivity index (χ3n) is 4.19. The van der Waals surface area contributed by atoms with Crippen LogP contribution in [0.1, 0.15) is 18.1 Å². The van der Waals surface area contributed by atoms with E-state index in [1.165, 1.54) is 16.7 Å². The second-order valence-corrected chi connectivity index (χ2v) is 8.35. The van der Waals surface area contributed by atoms with E-state index in [2.05, 4.69) is 5.32 Å². The van der Waals surface area contributed by atoms with Gasteiger partial charge in [-0.2, -0.15) is 0 Å². The lowest BCUT2D eigenvalue weighted by molar-refractivity contribution is -0.138. The normalized spacial score (nSPS) is 11.8. The Kier molecular flexibility index (Phi) is 8.96. The highest BCUT2D eigenvalue weighted by molar-refractivity contribution is 7.99. The highest BCUT2D eigenvalue weighted by atomic mass is 35.5. The van der Waals surface area contributed by atoms with Crippen LogP contribution >= 0.6 is 46.6 Å². The van der Waals surface area contributed by atoms with Crippen molar-refractivity contribution in [2.75, 3.05) is 12.8 Å². The summed E-state index contributed by atoms with van der Waals surface area (Å²) >= 11 is 19.7. The van der Waals surface area contributed by atoms with Crippen LogP contribution in [0, 0.1) is 0 Å². The number of hydrogen-bond acceptors (Lipinski definition) is 3. The Morgan fingerprint density at radius 1 is 1.07 bits per heavy atom. The first-order valence-corrected chi connectivity index (χ1v) is 10.9. The van der Waals surface area contributed by atoms with Crippen LogP contribution in [0.25, 0.3) is 0 Å². The van der Waals surface area contributed by atoms with Gasteiger partial charge in [-0.05, 0) is 36.2 Å². The number of nitrogens with zero attached hydrogens (tertiary/aromatic N) is 1. The molecule has 1 unspecified atom stereocenters. The first-order valence-electron chi connectivity index (χ1n) is 8.59. The van der Waals surface area contributed by atoms with Crippen LogP contribution < -0.4 is 5.32 Å². The molecule has 0 aliphatic rings. The van der Waals surface area contributed by atoms with Gasteiger partial charge in [-0.1, -0.05) is 59.1 Å². The van der Waals surface area contributed by atoms with E-state index in [0.717, 1.165) is 11.1 Å². The molecule has 2 aromatic rings. The van der Waals surface area contributed by atoms with Crippen molar-refractivity contribution in [1.29, 1.82) is 0 Å². The van der Waals surface area contributed by atoms with Gasteiger partial charge < -0.3 is 10.2 Å². The van der Waals surface area contributed by atoms with E-state index in [1.54, 1.807) is 32.2 Å². The molecule has 0 spiro atoms. The highest BCUT2D eigenvalue weighted by Crippen LogP contribution is 2.25. The Morgan fingerprint density at radius 2 is 1.79 bits per heavy atom. The third-order valence-corrected chi connectivity index (χ3v) is 6.27. The fraction of sp³-hybridized carbons (Fsp3) is 0.300. The van der Waals surface area contributed by atoms with E-state index in [9.17, 15) is 9.59 Å². The number of rotatable bonds is 8. The summed E-state index contributed by atoms with van der Waals surface area (Å²) in [6, 6.07) is 12.1. The molecular weight excluding hydrogens is 439 g/mol. The maximum atomic E-state index is 12.9. The largest absolute Gasteiger partial charge is 0.357 e. The SMILES string of the molecule is CNC(=O)C(C)N(Cc1ccc(Cl)c(Cl)c1)C(=O)CSCc1ccccc1Cl. The van der Waals surface area contributed by atoms with Crippen LogP contribution in [0.15, 0.2) is 42.5 Å². The van der Waals surface area contributed by atoms with Crippen molar-refractivity contribution in [2.24, 2.45) is 0 Å². The van der Waals surface area contributed by atoms with E-state index in [1.807, 2.05) is 24.3 Å². The molecule has 0 heterocycles. The fourth-order valence-electron chi connectivity index (χ4n) is 2.57. The predicted molar refractivity (Wildman–Crippen MR) is 118 cm³/mol. The summed E-state index contributed by atoms with van der Waals surface area (Å²) in [7, 11) is 1.55. The number of halogens is 3. The number of carbonyl (C=O) groups is 2. The van der Waals surface area contributed by atoms with Crippen molar-refractivity contribution in [3.8, 4) is 0 Å². The average molecular weight is 460 g/mol. The summed E-state index contributed by atoms with van der Waals surface area (Å²) in [5.41, 5.74) is 1.77. The van der Waals surface area contributed by atoms with Crippen LogP contribution in [0.3, 0.4) is 0 Å². The first-order chi connectivity index (χ1) is 13.3. The molecule has 0 saturated carbocycles. The van der Waals surface area contributed by atoms with Gasteiger partial charge in [-0.25, -0.2) is 0 Å². The number of likely N-dealkylation sites (N-methyl/N-ethyl adjacent to an activating group) is 1. The van der Waals surface area contributed by atoms with Gasteiger partial charge in [-0.3, -0.25) is 9.59 Å². The van der Waals surface area contributed by atoms with Crippen LogP contribution in [-0.4, -0.2) is 35.6 Å². The van der Waals surface area contributed by atoms with Gasteiger partial charge in [0, 0.05) is 24.4 Å². The smallest absolute Gasteiger partial charge is 0.242 e. The molecule has 0 aliphatic carbocycles. The monoisotopic (exact) mass is 458 g/mol. The van der Waals surface area contributed by atoms with E-state index < -0.39 is 6.04 Å². The van der Waals surface area contributed by atoms with Gasteiger partial charge in [0.25, 0.3) is 0 Å². The Labute approximate surface area is 184 Å². The van der Waals surface area contributed by atoms with Crippen LogP contribution in [0.5, 0.6) is 0 Å². The molecule has 4 nitrogen and oxygen atoms in total. The average Bonchev–Trinajstić information content (AvgIpc) is 2.69. The topological polar surface area (TPSA) is 49.4 Å². The maximum Gasteiger partial charge on any atom is 0.242 e. The summed E-state index contributed by atoms with van der Waals surface area (Å²) in [6.07, 6.45) is 0. The summed E-state index contributed by atoms with van der Waals surface area (Å²) in [6.45, 7) is 1.96. The lowest BCUT2D eigenvalue weighted by atomic mass is 10.1. The molecular formula is C20H21Cl3N2O2S. The van der Waals surface area contributed by atoms with Crippen molar-refractivity contribution in [2.45, 2.75) is 25.3 Å². The summed E-state index contributed by atoms with van der Waals surface area (Å²) in [5, 5.41) is 4.12. The standard InChI is InChI=1S/C20H21Cl3N2O2S/c1-13(20(27)24-2)25(10-14-7-8-17(22)18(23)9-14)19(26)12-28-11-15-5-3-4-6-16(15)21/h3-9,13H,10-12H2,1-2H3,(H,24,27). The molecule has 0 aromatic heterocycles. The zero-order valence-electron chi connectivity index (χ0n) is 15.5. The van der Waals surface area contributed by atoms with E-state index in [-0.39, 0.29) is 24.1 Å². The van der Waals surface area contributed by atoms with Crippen LogP contribution in [0.2, 0.25) is 15.1 Å². The van der Waals surface area contributed by atoms with Gasteiger partial charge >= 0.3 is 0 Å². The molecule has 0 bridgehead atoms. The number of thioether (sulfide) groups is 1. The van der Waals surface area contributed by atoms with Crippen molar-refractivity contribution in [1.82, 2.24) is 10.2 Å².